The number of carbonyl (C=O) groups is 2. The van der Waals surface area contributed by atoms with Crippen molar-refractivity contribution in [2.75, 3.05) is 24.3 Å². The molecule has 3 N–H and O–H groups in total. The van der Waals surface area contributed by atoms with Crippen LogP contribution >= 0.6 is 11.3 Å². The van der Waals surface area contributed by atoms with Gasteiger partial charge in [0.05, 0.1) is 17.4 Å². The fraction of sp³-hybridized carbons (Fsp3) is 0.542. The summed E-state index contributed by atoms with van der Waals surface area (Å²) in [7, 11) is 1.72. The number of pyridine rings is 1. The van der Waals surface area contributed by atoms with Crippen LogP contribution in [-0.4, -0.2) is 36.7 Å². The number of hydrogen-bond donors (Lipinski definition) is 3. The highest BCUT2D eigenvalue weighted by Crippen LogP contribution is 2.42. The molecule has 0 spiro atoms. The zero-order chi connectivity index (χ0) is 22.1. The molecule has 0 radical (unpaired) electrons. The predicted octanol–water partition coefficient (Wildman–Crippen LogP) is 4.56. The van der Waals surface area contributed by atoms with Crippen molar-refractivity contribution in [2.45, 2.75) is 51.2 Å². The molecule has 176 valence electrons. The van der Waals surface area contributed by atoms with Crippen LogP contribution in [0.2, 0.25) is 0 Å². The van der Waals surface area contributed by atoms with Crippen LogP contribution in [-0.2, 0) is 22.4 Å². The maximum absolute atomic E-state index is 13.3. The summed E-state index contributed by atoms with van der Waals surface area (Å²) < 4.78 is 5.67. The van der Waals surface area contributed by atoms with Gasteiger partial charge in [0.15, 0.2) is 0 Å². The van der Waals surface area contributed by atoms with Gasteiger partial charge in [-0.3, -0.25) is 14.6 Å². The molecule has 2 amide bonds. The lowest BCUT2D eigenvalue weighted by molar-refractivity contribution is -0.120. The standard InChI is InChI=1S/C24H30N4O3S.3H2/c1-31-23(15-6-7-15)28-24-20(22(30)26-12-14-4-5-14)18-11-16(8-9-19(18)32-24)21(29)27-17-3-2-10-25-13-17;;;/h2-3,10,13-16,23,28H,4-9,11-12H2,1H3,(H,26,30)(H,27,29);3*1H. The van der Waals surface area contributed by atoms with E-state index in [0.717, 1.165) is 42.8 Å². The van der Waals surface area contributed by atoms with E-state index >= 15 is 0 Å². The Balaban J connectivity index is 0.00000144. The highest BCUT2D eigenvalue weighted by atomic mass is 32.1. The number of aromatic nitrogens is 1. The third kappa shape index (κ3) is 4.81. The van der Waals surface area contributed by atoms with E-state index in [1.807, 2.05) is 6.07 Å². The summed E-state index contributed by atoms with van der Waals surface area (Å²) in [6.07, 6.45) is 10.1. The summed E-state index contributed by atoms with van der Waals surface area (Å²) >= 11 is 1.65. The third-order valence-electron chi connectivity index (χ3n) is 6.61. The molecule has 0 bridgehead atoms. The number of thiophene rings is 1. The van der Waals surface area contributed by atoms with E-state index in [2.05, 4.69) is 20.9 Å². The number of rotatable bonds is 9. The Bertz CT molecular complexity index is 999. The Morgan fingerprint density at radius 3 is 2.81 bits per heavy atom. The summed E-state index contributed by atoms with van der Waals surface area (Å²) in [6.45, 7) is 0.726. The quantitative estimate of drug-likeness (QED) is 0.477. The van der Waals surface area contributed by atoms with Gasteiger partial charge in [-0.1, -0.05) is 0 Å². The van der Waals surface area contributed by atoms with Crippen molar-refractivity contribution in [3.8, 4) is 0 Å². The number of anilines is 2. The lowest BCUT2D eigenvalue weighted by atomic mass is 9.85. The van der Waals surface area contributed by atoms with Crippen molar-refractivity contribution < 1.29 is 18.6 Å². The molecular weight excluding hydrogens is 424 g/mol. The molecule has 3 aliphatic rings. The highest BCUT2D eigenvalue weighted by Gasteiger charge is 2.36. The monoisotopic (exact) mass is 460 g/mol. The minimum absolute atomic E-state index is 0. The molecule has 0 aromatic carbocycles. The molecule has 0 aliphatic heterocycles. The smallest absolute Gasteiger partial charge is 0.254 e. The Hall–Kier alpha value is -2.45. The van der Waals surface area contributed by atoms with Gasteiger partial charge in [0.2, 0.25) is 5.91 Å². The number of fused-ring (bicyclic) bond motifs is 1. The average Bonchev–Trinajstić information content (AvgIpc) is 3.73. The Labute approximate surface area is 196 Å². The van der Waals surface area contributed by atoms with E-state index in [4.69, 9.17) is 4.74 Å². The van der Waals surface area contributed by atoms with E-state index in [-0.39, 0.29) is 28.2 Å². The fourth-order valence-electron chi connectivity index (χ4n) is 4.38. The topological polar surface area (TPSA) is 92.4 Å². The number of amides is 2. The van der Waals surface area contributed by atoms with Crippen molar-refractivity contribution in [3.05, 3.63) is 40.5 Å². The van der Waals surface area contributed by atoms with Gasteiger partial charge in [-0.15, -0.1) is 11.3 Å². The van der Waals surface area contributed by atoms with E-state index in [1.54, 1.807) is 36.9 Å². The maximum atomic E-state index is 13.3. The SMILES string of the molecule is COC(Nc1sc2c(c1C(=O)NCC1CC1)CC(C(=O)Nc1cccnc1)CC2)C1CC1.[HH].[HH].[HH]. The number of hydrogen-bond acceptors (Lipinski definition) is 6. The van der Waals surface area contributed by atoms with Crippen molar-refractivity contribution in [1.82, 2.24) is 10.3 Å². The summed E-state index contributed by atoms with van der Waals surface area (Å²) in [5.41, 5.74) is 2.44. The van der Waals surface area contributed by atoms with Crippen molar-refractivity contribution in [2.24, 2.45) is 17.8 Å². The van der Waals surface area contributed by atoms with E-state index in [0.29, 0.717) is 29.5 Å². The molecule has 2 unspecified atom stereocenters. The second-order valence-corrected chi connectivity index (χ2v) is 10.3. The molecule has 32 heavy (non-hydrogen) atoms. The number of carbonyl (C=O) groups excluding carboxylic acids is 2. The number of ether oxygens (including phenoxy) is 1. The molecule has 3 aliphatic carbocycles. The average molecular weight is 461 g/mol. The zero-order valence-corrected chi connectivity index (χ0v) is 19.2. The first-order valence-corrected chi connectivity index (χ1v) is 12.4. The first-order chi connectivity index (χ1) is 15.6. The van der Waals surface area contributed by atoms with Gasteiger partial charge >= 0.3 is 0 Å². The lowest BCUT2D eigenvalue weighted by Crippen LogP contribution is -2.31. The largest absolute Gasteiger partial charge is 0.362 e. The molecule has 2 aromatic rings. The van der Waals surface area contributed by atoms with E-state index in [1.165, 1.54) is 17.7 Å². The summed E-state index contributed by atoms with van der Waals surface area (Å²) in [4.78, 5) is 31.5. The van der Waals surface area contributed by atoms with Crippen LogP contribution in [0.25, 0.3) is 0 Å². The van der Waals surface area contributed by atoms with E-state index in [9.17, 15) is 9.59 Å². The molecule has 2 saturated carbocycles. The first-order valence-electron chi connectivity index (χ1n) is 11.5. The Morgan fingerprint density at radius 2 is 2.12 bits per heavy atom. The second-order valence-electron chi connectivity index (χ2n) is 9.17. The molecule has 2 atom stereocenters. The fourth-order valence-corrected chi connectivity index (χ4v) is 5.64. The predicted molar refractivity (Wildman–Crippen MR) is 131 cm³/mol. The lowest BCUT2D eigenvalue weighted by Gasteiger charge is -2.22. The van der Waals surface area contributed by atoms with Gasteiger partial charge in [0, 0.05) is 40.8 Å². The molecule has 2 fully saturated rings. The van der Waals surface area contributed by atoms with Crippen LogP contribution in [0.4, 0.5) is 10.7 Å². The molecule has 8 heteroatoms. The van der Waals surface area contributed by atoms with Crippen LogP contribution in [0, 0.1) is 17.8 Å². The van der Waals surface area contributed by atoms with Crippen LogP contribution in [0.3, 0.4) is 0 Å². The Morgan fingerprint density at radius 1 is 1.28 bits per heavy atom. The molecule has 0 saturated heterocycles. The first kappa shape index (κ1) is 21.4. The third-order valence-corrected chi connectivity index (χ3v) is 7.84. The number of nitrogens with zero attached hydrogens (tertiary/aromatic N) is 1. The van der Waals surface area contributed by atoms with Gasteiger partial charge in [-0.25, -0.2) is 0 Å². The summed E-state index contributed by atoms with van der Waals surface area (Å²) in [6, 6.07) is 3.64. The maximum Gasteiger partial charge on any atom is 0.254 e. The minimum atomic E-state index is -0.165. The number of aryl methyl sites for hydroxylation is 1. The zero-order valence-electron chi connectivity index (χ0n) is 18.4. The van der Waals surface area contributed by atoms with Crippen molar-refractivity contribution in [3.63, 3.8) is 0 Å². The van der Waals surface area contributed by atoms with Crippen molar-refractivity contribution in [1.29, 1.82) is 0 Å². The van der Waals surface area contributed by atoms with Gasteiger partial charge in [-0.2, -0.15) is 0 Å². The van der Waals surface area contributed by atoms with Gasteiger partial charge in [0.1, 0.15) is 11.2 Å². The van der Waals surface area contributed by atoms with Gasteiger partial charge < -0.3 is 20.7 Å². The second kappa shape index (κ2) is 9.19. The van der Waals surface area contributed by atoms with Gasteiger partial charge in [-0.05, 0) is 68.6 Å². The van der Waals surface area contributed by atoms with Gasteiger partial charge in [0.25, 0.3) is 5.91 Å². The molecule has 2 heterocycles. The number of methoxy groups -OCH3 is 1. The van der Waals surface area contributed by atoms with Crippen LogP contribution in [0.1, 0.15) is 57.2 Å². The molecule has 7 nitrogen and oxygen atoms in total. The molecular formula is C24H36N4O3S. The summed E-state index contributed by atoms with van der Waals surface area (Å²) in [5.74, 6) is 0.902. The van der Waals surface area contributed by atoms with Crippen molar-refractivity contribution >= 4 is 33.8 Å². The number of nitrogens with one attached hydrogen (secondary N) is 3. The van der Waals surface area contributed by atoms with Crippen LogP contribution in [0.5, 0.6) is 0 Å². The van der Waals surface area contributed by atoms with Crippen LogP contribution in [0.15, 0.2) is 24.5 Å². The van der Waals surface area contributed by atoms with E-state index < -0.39 is 0 Å². The molecule has 5 rings (SSSR count). The normalized spacial score (nSPS) is 20.8. The van der Waals surface area contributed by atoms with Crippen LogP contribution < -0.4 is 16.0 Å². The minimum Gasteiger partial charge on any atom is -0.362 e. The Kier molecular flexibility index (Phi) is 6.15. The molecule has 2 aromatic heterocycles. The summed E-state index contributed by atoms with van der Waals surface area (Å²) in [5, 5.41) is 10.5. The highest BCUT2D eigenvalue weighted by molar-refractivity contribution is 7.16.